The lowest BCUT2D eigenvalue weighted by atomic mass is 9.68. The summed E-state index contributed by atoms with van der Waals surface area (Å²) in [5.41, 5.74) is 0. The van der Waals surface area contributed by atoms with Gasteiger partial charge in [0.1, 0.15) is 0 Å². The molecule has 0 aromatic carbocycles. The van der Waals surface area contributed by atoms with Crippen LogP contribution >= 0.6 is 0 Å². The van der Waals surface area contributed by atoms with E-state index in [0.29, 0.717) is 0 Å². The molecule has 0 radical (unpaired) electrons. The molecule has 0 atom stereocenters. The molecule has 0 heteroatoms. The van der Waals surface area contributed by atoms with Crippen LogP contribution in [0.4, 0.5) is 0 Å². The van der Waals surface area contributed by atoms with Crippen molar-refractivity contribution < 1.29 is 0 Å². The van der Waals surface area contributed by atoms with Crippen LogP contribution in [0.3, 0.4) is 0 Å². The maximum absolute atomic E-state index is 3.95. The Bertz CT molecular complexity index is 880. The minimum atomic E-state index is 0.836. The van der Waals surface area contributed by atoms with Crippen molar-refractivity contribution in [2.45, 2.75) is 234 Å². The van der Waals surface area contributed by atoms with Crippen molar-refractivity contribution in [3.05, 3.63) is 24.8 Å². The second-order valence-electron chi connectivity index (χ2n) is 20.0. The van der Waals surface area contributed by atoms with Crippen molar-refractivity contribution in [1.82, 2.24) is 0 Å². The summed E-state index contributed by atoms with van der Waals surface area (Å²) in [5.74, 6) is 12.6. The Morgan fingerprint density at radius 1 is 0.365 bits per heavy atom. The molecule has 0 bridgehead atoms. The van der Waals surface area contributed by atoms with Gasteiger partial charge in [0.15, 0.2) is 0 Å². The van der Waals surface area contributed by atoms with Gasteiger partial charge in [-0.15, -0.1) is 6.58 Å². The Morgan fingerprint density at radius 2 is 0.635 bits per heavy atom. The van der Waals surface area contributed by atoms with Gasteiger partial charge in [-0.05, 0) is 181 Å². The van der Waals surface area contributed by atoms with Crippen LogP contribution in [0.1, 0.15) is 234 Å². The fourth-order valence-electron chi connectivity index (χ4n) is 13.1. The second-order valence-corrected chi connectivity index (χ2v) is 20.0. The molecule has 6 saturated carbocycles. The van der Waals surface area contributed by atoms with Gasteiger partial charge in [-0.25, -0.2) is 0 Å². The zero-order chi connectivity index (χ0) is 37.0. The number of hydrogen-bond donors (Lipinski definition) is 0. The highest BCUT2D eigenvalue weighted by atomic mass is 14.4. The molecule has 0 N–H and O–H groups in total. The summed E-state index contributed by atoms with van der Waals surface area (Å²) in [4.78, 5) is 0. The highest BCUT2D eigenvalue weighted by molar-refractivity contribution is 4.91. The van der Waals surface area contributed by atoms with E-state index in [-0.39, 0.29) is 0 Å². The predicted octanol–water partition coefficient (Wildman–Crippen LogP) is 17.4. The van der Waals surface area contributed by atoms with Crippen molar-refractivity contribution in [2.24, 2.45) is 71.0 Å². The van der Waals surface area contributed by atoms with E-state index in [0.717, 1.165) is 71.0 Å². The summed E-state index contributed by atoms with van der Waals surface area (Å²) in [6.45, 7) is 15.5. The van der Waals surface area contributed by atoms with Crippen LogP contribution in [0.5, 0.6) is 0 Å². The molecule has 6 aliphatic carbocycles. The van der Waals surface area contributed by atoms with Gasteiger partial charge in [0.2, 0.25) is 0 Å². The van der Waals surface area contributed by atoms with Gasteiger partial charge >= 0.3 is 0 Å². The molecule has 0 aromatic heterocycles. The molecule has 0 heterocycles. The summed E-state index contributed by atoms with van der Waals surface area (Å²) in [7, 11) is 0. The van der Waals surface area contributed by atoms with E-state index in [9.17, 15) is 0 Å². The summed E-state index contributed by atoms with van der Waals surface area (Å²) in [5, 5.41) is 0. The monoisotopic (exact) mass is 719 g/mol. The normalized spacial score (nSPS) is 38.7. The SMILES string of the molecule is C/C=C/C1CCC(C2CCC(CCC)CC2)CC1.C=CC1CCC(C2CCC(CCC)CC2)CC1.CCCC1CCC(C2CCC(CC)CC2)CC1. The maximum Gasteiger partial charge on any atom is -0.0233 e. The lowest BCUT2D eigenvalue weighted by molar-refractivity contribution is 0.142. The van der Waals surface area contributed by atoms with Crippen LogP contribution in [0.2, 0.25) is 0 Å². The Kier molecular flexibility index (Phi) is 21.8. The molecule has 6 fully saturated rings. The van der Waals surface area contributed by atoms with Crippen molar-refractivity contribution in [1.29, 1.82) is 0 Å². The van der Waals surface area contributed by atoms with Crippen LogP contribution in [-0.2, 0) is 0 Å². The molecule has 0 amide bonds. The fraction of sp³-hybridized carbons (Fsp3) is 0.923. The molecular formula is C52H94. The Morgan fingerprint density at radius 3 is 0.885 bits per heavy atom. The van der Waals surface area contributed by atoms with Crippen LogP contribution in [0.15, 0.2) is 24.8 Å². The number of allylic oxidation sites excluding steroid dienone is 3. The first kappa shape index (κ1) is 44.2. The lowest BCUT2D eigenvalue weighted by Gasteiger charge is -2.37. The summed E-state index contributed by atoms with van der Waals surface area (Å²) < 4.78 is 0. The van der Waals surface area contributed by atoms with Crippen molar-refractivity contribution in [2.75, 3.05) is 0 Å². The van der Waals surface area contributed by atoms with Crippen LogP contribution in [0, 0.1) is 71.0 Å². The van der Waals surface area contributed by atoms with Gasteiger partial charge < -0.3 is 0 Å². The predicted molar refractivity (Wildman–Crippen MR) is 233 cm³/mol. The molecule has 0 aromatic rings. The molecule has 0 aliphatic heterocycles. The molecule has 6 rings (SSSR count). The van der Waals surface area contributed by atoms with E-state index in [1.807, 2.05) is 0 Å². The number of hydrogen-bond acceptors (Lipinski definition) is 0. The summed E-state index contributed by atoms with van der Waals surface area (Å²) in [6.07, 6.45) is 53.4. The maximum atomic E-state index is 3.95. The molecular weight excluding hydrogens is 625 g/mol. The van der Waals surface area contributed by atoms with Crippen LogP contribution in [0.25, 0.3) is 0 Å². The minimum Gasteiger partial charge on any atom is -0.103 e. The van der Waals surface area contributed by atoms with Gasteiger partial charge in [-0.2, -0.15) is 0 Å². The van der Waals surface area contributed by atoms with E-state index >= 15 is 0 Å². The number of rotatable bonds is 12. The van der Waals surface area contributed by atoms with E-state index in [1.165, 1.54) is 148 Å². The first-order valence-electron chi connectivity index (χ1n) is 24.7. The molecule has 302 valence electrons. The zero-order valence-electron chi connectivity index (χ0n) is 36.3. The Labute approximate surface area is 328 Å². The summed E-state index contributed by atoms with van der Waals surface area (Å²) >= 11 is 0. The van der Waals surface area contributed by atoms with Crippen LogP contribution in [-0.4, -0.2) is 0 Å². The third-order valence-corrected chi connectivity index (χ3v) is 16.7. The zero-order valence-corrected chi connectivity index (χ0v) is 36.3. The second kappa shape index (κ2) is 25.6. The first-order valence-corrected chi connectivity index (χ1v) is 24.7. The molecule has 6 aliphatic rings. The van der Waals surface area contributed by atoms with E-state index in [1.54, 1.807) is 51.4 Å². The molecule has 0 unspecified atom stereocenters. The van der Waals surface area contributed by atoms with Crippen LogP contribution < -0.4 is 0 Å². The van der Waals surface area contributed by atoms with Gasteiger partial charge in [0, 0.05) is 0 Å². The third-order valence-electron chi connectivity index (χ3n) is 16.7. The quantitative estimate of drug-likeness (QED) is 0.176. The van der Waals surface area contributed by atoms with Gasteiger partial charge in [0.25, 0.3) is 0 Å². The molecule has 0 nitrogen and oxygen atoms in total. The summed E-state index contributed by atoms with van der Waals surface area (Å²) in [6, 6.07) is 0. The van der Waals surface area contributed by atoms with E-state index < -0.39 is 0 Å². The van der Waals surface area contributed by atoms with Crippen molar-refractivity contribution in [3.63, 3.8) is 0 Å². The minimum absolute atomic E-state index is 0.836. The molecule has 0 saturated heterocycles. The van der Waals surface area contributed by atoms with Crippen molar-refractivity contribution >= 4 is 0 Å². The largest absolute Gasteiger partial charge is 0.103 e. The average molecular weight is 719 g/mol. The van der Waals surface area contributed by atoms with E-state index in [2.05, 4.69) is 59.4 Å². The van der Waals surface area contributed by atoms with Gasteiger partial charge in [-0.1, -0.05) is 142 Å². The fourth-order valence-corrected chi connectivity index (χ4v) is 13.1. The lowest BCUT2D eigenvalue weighted by Crippen LogP contribution is -2.25. The Balaban J connectivity index is 0.000000175. The van der Waals surface area contributed by atoms with Gasteiger partial charge in [0.05, 0.1) is 0 Å². The third kappa shape index (κ3) is 15.2. The highest BCUT2D eigenvalue weighted by Gasteiger charge is 2.32. The van der Waals surface area contributed by atoms with Crippen molar-refractivity contribution in [3.8, 4) is 0 Å². The van der Waals surface area contributed by atoms with Gasteiger partial charge in [-0.3, -0.25) is 0 Å². The highest BCUT2D eigenvalue weighted by Crippen LogP contribution is 2.45. The first-order chi connectivity index (χ1) is 25.5. The molecule has 52 heavy (non-hydrogen) atoms. The topological polar surface area (TPSA) is 0 Å². The molecule has 0 spiro atoms. The standard InChI is InChI=1S/C18H32.C17H32.C17H30/c1-3-5-15-7-11-17(12-8-15)18-13-9-16(6-4-2)10-14-18;2*1-3-5-15-8-12-17(13-9-15)16-10-6-14(4-2)7-11-16/h3,5,15-18H,4,6-14H2,1-2H3;14-17H,3-13H2,1-2H3;4,14-17H,2-3,5-13H2,1H3/b5-3+;;. The Hall–Kier alpha value is -0.520. The average Bonchev–Trinajstić information content (AvgIpc) is 3.20. The smallest absolute Gasteiger partial charge is 0.0233 e. The van der Waals surface area contributed by atoms with E-state index in [4.69, 9.17) is 0 Å².